The highest BCUT2D eigenvalue weighted by atomic mass is 79.9. The molecule has 0 N–H and O–H groups in total. The number of rotatable bonds is 2. The van der Waals surface area contributed by atoms with E-state index in [9.17, 15) is 4.79 Å². The number of ketones is 1. The van der Waals surface area contributed by atoms with Crippen LogP contribution in [0.25, 0.3) is 0 Å². The Bertz CT molecular complexity index is 239. The minimum absolute atomic E-state index is 0.151. The SMILES string of the molecule is CC(=O)[C@@H]1[C@H](C=C(Br)Br)C1(C)C. The van der Waals surface area contributed by atoms with Crippen LogP contribution in [0.3, 0.4) is 0 Å². The van der Waals surface area contributed by atoms with Crippen molar-refractivity contribution in [3.05, 3.63) is 9.47 Å². The lowest BCUT2D eigenvalue weighted by molar-refractivity contribution is -0.118. The highest BCUT2D eigenvalue weighted by Crippen LogP contribution is 2.60. The van der Waals surface area contributed by atoms with E-state index in [1.165, 1.54) is 0 Å². The molecule has 68 valence electrons. The number of allylic oxidation sites excluding steroid dienone is 1. The van der Waals surface area contributed by atoms with E-state index < -0.39 is 0 Å². The molecule has 0 bridgehead atoms. The Morgan fingerprint density at radius 3 is 2.17 bits per heavy atom. The molecule has 1 saturated carbocycles. The Morgan fingerprint density at radius 2 is 1.92 bits per heavy atom. The second-order valence-electron chi connectivity index (χ2n) is 3.89. The third-order valence-corrected chi connectivity index (χ3v) is 3.18. The van der Waals surface area contributed by atoms with Gasteiger partial charge in [-0.25, -0.2) is 0 Å². The number of hydrogen-bond donors (Lipinski definition) is 0. The Kier molecular flexibility index (Phi) is 2.84. The van der Waals surface area contributed by atoms with E-state index in [-0.39, 0.29) is 11.3 Å². The molecule has 1 aliphatic rings. The van der Waals surface area contributed by atoms with Gasteiger partial charge in [-0.15, -0.1) is 0 Å². The van der Waals surface area contributed by atoms with Crippen molar-refractivity contribution < 1.29 is 4.79 Å². The molecule has 0 spiro atoms. The molecular weight excluding hydrogens is 284 g/mol. The lowest BCUT2D eigenvalue weighted by Crippen LogP contribution is -1.99. The van der Waals surface area contributed by atoms with E-state index in [4.69, 9.17) is 0 Å². The zero-order valence-corrected chi connectivity index (χ0v) is 10.6. The quantitative estimate of drug-likeness (QED) is 0.762. The first-order chi connectivity index (χ1) is 5.37. The molecule has 0 aromatic rings. The predicted molar refractivity (Wildman–Crippen MR) is 57.4 cm³/mol. The largest absolute Gasteiger partial charge is 0.300 e. The number of carbonyl (C=O) groups excluding carboxylic acids is 1. The summed E-state index contributed by atoms with van der Waals surface area (Å²) in [6.45, 7) is 5.93. The summed E-state index contributed by atoms with van der Waals surface area (Å²) in [4.78, 5) is 11.2. The number of hydrogen-bond acceptors (Lipinski definition) is 1. The molecule has 0 heterocycles. The lowest BCUT2D eigenvalue weighted by Gasteiger charge is -1.96. The fourth-order valence-corrected chi connectivity index (χ4v) is 2.47. The van der Waals surface area contributed by atoms with Gasteiger partial charge < -0.3 is 0 Å². The number of carbonyl (C=O) groups is 1. The number of Topliss-reactive ketones (excluding diaryl/α,β-unsaturated/α-hetero) is 1. The van der Waals surface area contributed by atoms with Gasteiger partial charge in [-0.2, -0.15) is 0 Å². The minimum Gasteiger partial charge on any atom is -0.300 e. The van der Waals surface area contributed by atoms with Gasteiger partial charge in [0.1, 0.15) is 5.78 Å². The Labute approximate surface area is 89.9 Å². The van der Waals surface area contributed by atoms with Crippen molar-refractivity contribution in [2.75, 3.05) is 0 Å². The van der Waals surface area contributed by atoms with Gasteiger partial charge in [0.25, 0.3) is 0 Å². The van der Waals surface area contributed by atoms with Gasteiger partial charge in [-0.1, -0.05) is 19.9 Å². The van der Waals surface area contributed by atoms with E-state index in [0.29, 0.717) is 11.7 Å². The van der Waals surface area contributed by atoms with Crippen molar-refractivity contribution in [3.8, 4) is 0 Å². The molecular formula is C9H12Br2O. The second kappa shape index (κ2) is 3.26. The van der Waals surface area contributed by atoms with Crippen LogP contribution in [0.1, 0.15) is 20.8 Å². The second-order valence-corrected chi connectivity index (χ2v) is 6.66. The van der Waals surface area contributed by atoms with E-state index >= 15 is 0 Å². The van der Waals surface area contributed by atoms with E-state index in [1.807, 2.05) is 0 Å². The molecule has 3 heteroatoms. The third-order valence-electron chi connectivity index (χ3n) is 2.65. The smallest absolute Gasteiger partial charge is 0.134 e. The van der Waals surface area contributed by atoms with Crippen LogP contribution in [-0.4, -0.2) is 5.78 Å². The average Bonchev–Trinajstić information content (AvgIpc) is 2.32. The summed E-state index contributed by atoms with van der Waals surface area (Å²) in [5.41, 5.74) is 0.151. The molecule has 0 amide bonds. The van der Waals surface area contributed by atoms with Gasteiger partial charge in [0.05, 0.1) is 3.39 Å². The molecule has 12 heavy (non-hydrogen) atoms. The van der Waals surface area contributed by atoms with Crippen molar-refractivity contribution in [2.24, 2.45) is 17.3 Å². The summed E-state index contributed by atoms with van der Waals surface area (Å²) in [5.74, 6) is 0.897. The normalized spacial score (nSPS) is 31.1. The van der Waals surface area contributed by atoms with Gasteiger partial charge >= 0.3 is 0 Å². The fraction of sp³-hybridized carbons (Fsp3) is 0.667. The molecule has 2 atom stereocenters. The predicted octanol–water partition coefficient (Wildman–Crippen LogP) is 3.48. The van der Waals surface area contributed by atoms with Gasteiger partial charge in [0.2, 0.25) is 0 Å². The Morgan fingerprint density at radius 1 is 1.42 bits per heavy atom. The summed E-state index contributed by atoms with van der Waals surface area (Å²) >= 11 is 6.62. The van der Waals surface area contributed by atoms with E-state index in [2.05, 4.69) is 51.8 Å². The molecule has 1 aliphatic carbocycles. The fourth-order valence-electron chi connectivity index (χ4n) is 1.90. The summed E-state index contributed by atoms with van der Waals surface area (Å²) in [7, 11) is 0. The van der Waals surface area contributed by atoms with Crippen LogP contribution >= 0.6 is 31.9 Å². The molecule has 0 radical (unpaired) electrons. The molecule has 0 aliphatic heterocycles. The van der Waals surface area contributed by atoms with Gasteiger partial charge in [0, 0.05) is 5.92 Å². The van der Waals surface area contributed by atoms with Crippen LogP contribution in [0.15, 0.2) is 9.47 Å². The van der Waals surface area contributed by atoms with E-state index in [1.54, 1.807) is 6.92 Å². The summed E-state index contributed by atoms with van der Waals surface area (Å²) in [6.07, 6.45) is 2.06. The van der Waals surface area contributed by atoms with Crippen molar-refractivity contribution in [3.63, 3.8) is 0 Å². The van der Waals surface area contributed by atoms with Crippen LogP contribution in [0.2, 0.25) is 0 Å². The maximum atomic E-state index is 11.2. The van der Waals surface area contributed by atoms with Gasteiger partial charge in [-0.3, -0.25) is 4.79 Å². The first-order valence-corrected chi connectivity index (χ1v) is 5.49. The highest BCUT2D eigenvalue weighted by molar-refractivity contribution is 9.28. The van der Waals surface area contributed by atoms with Crippen LogP contribution in [-0.2, 0) is 4.79 Å². The maximum Gasteiger partial charge on any atom is 0.134 e. The van der Waals surface area contributed by atoms with Crippen LogP contribution in [0.4, 0.5) is 0 Å². The first-order valence-electron chi connectivity index (χ1n) is 3.90. The molecule has 1 fully saturated rings. The van der Waals surface area contributed by atoms with Crippen LogP contribution < -0.4 is 0 Å². The van der Waals surface area contributed by atoms with Crippen molar-refractivity contribution in [2.45, 2.75) is 20.8 Å². The first kappa shape index (κ1) is 10.5. The molecule has 1 nitrogen and oxygen atoms in total. The average molecular weight is 296 g/mol. The number of halogens is 2. The lowest BCUT2D eigenvalue weighted by atomic mass is 10.1. The van der Waals surface area contributed by atoms with Crippen LogP contribution in [0, 0.1) is 17.3 Å². The third kappa shape index (κ3) is 1.82. The van der Waals surface area contributed by atoms with Crippen molar-refractivity contribution in [1.82, 2.24) is 0 Å². The highest BCUT2D eigenvalue weighted by Gasteiger charge is 2.58. The molecule has 0 aromatic heterocycles. The summed E-state index contributed by atoms with van der Waals surface area (Å²) in [6, 6.07) is 0. The minimum atomic E-state index is 0.151. The zero-order valence-electron chi connectivity index (χ0n) is 7.40. The molecule has 0 aromatic carbocycles. The van der Waals surface area contributed by atoms with Crippen LogP contribution in [0.5, 0.6) is 0 Å². The standard InChI is InChI=1S/C9H12Br2O/c1-5(12)8-6(4-7(10)11)9(8,2)3/h4,6,8H,1-3H3/t6-,8+/m0/s1. The zero-order chi connectivity index (χ0) is 9.52. The van der Waals surface area contributed by atoms with Gasteiger partial charge in [0.15, 0.2) is 0 Å². The maximum absolute atomic E-state index is 11.2. The molecule has 1 rings (SSSR count). The summed E-state index contributed by atoms with van der Waals surface area (Å²) < 4.78 is 0.942. The Hall–Kier alpha value is 0.370. The monoisotopic (exact) mass is 294 g/mol. The van der Waals surface area contributed by atoms with Gasteiger partial charge in [-0.05, 0) is 50.1 Å². The van der Waals surface area contributed by atoms with E-state index in [0.717, 1.165) is 3.39 Å². The molecule has 0 saturated heterocycles. The Balaban J connectivity index is 2.73. The summed E-state index contributed by atoms with van der Waals surface area (Å²) in [5, 5.41) is 0. The topological polar surface area (TPSA) is 17.1 Å². The molecule has 0 unspecified atom stereocenters. The van der Waals surface area contributed by atoms with Crippen molar-refractivity contribution in [1.29, 1.82) is 0 Å². The van der Waals surface area contributed by atoms with Crippen molar-refractivity contribution >= 4 is 37.6 Å².